The number of nitrogens with zero attached hydrogens (tertiary/aromatic N) is 2. The molecule has 0 radical (unpaired) electrons. The van der Waals surface area contributed by atoms with Crippen LogP contribution in [0.1, 0.15) is 43.0 Å². The van der Waals surface area contributed by atoms with E-state index >= 15 is 0 Å². The van der Waals surface area contributed by atoms with E-state index in [-0.39, 0.29) is 12.4 Å². The van der Waals surface area contributed by atoms with E-state index in [4.69, 9.17) is 4.74 Å². The minimum atomic E-state index is -0.767. The van der Waals surface area contributed by atoms with Gasteiger partial charge in [-0.05, 0) is 18.6 Å². The molecule has 0 fully saturated rings. The molecule has 0 aliphatic carbocycles. The molecule has 0 atom stereocenters. The molecule has 1 amide bonds. The van der Waals surface area contributed by atoms with E-state index in [1.165, 1.54) is 0 Å². The second-order valence-electron chi connectivity index (χ2n) is 6.27. The predicted octanol–water partition coefficient (Wildman–Crippen LogP) is 0.814. The number of ketones is 1. The van der Waals surface area contributed by atoms with Crippen LogP contribution in [-0.2, 0) is 4.79 Å². The lowest BCUT2D eigenvalue weighted by Gasteiger charge is -2.09. The first kappa shape index (κ1) is 22.5. The van der Waals surface area contributed by atoms with E-state index in [1.807, 2.05) is 10.1 Å². The average Bonchev–Trinajstić information content (AvgIpc) is 2.73. The van der Waals surface area contributed by atoms with Gasteiger partial charge in [-0.1, -0.05) is 38.3 Å². The standard InChI is InChI=1S/C19H24N6O5/c1-2-3-4-7-10-30-15-9-6-5-8-13(15)14(26)11-21-23-16(27)12-20-17-18(28)22-19(29)25-24-17/h5-6,8-9,11H,2-4,7,10,12H2,1H3,(H,20,24)(H,23,27)(H2,22,25,28,29)/b21-11+. The summed E-state index contributed by atoms with van der Waals surface area (Å²) < 4.78 is 5.69. The van der Waals surface area contributed by atoms with Crippen molar-refractivity contribution in [3.05, 3.63) is 50.7 Å². The predicted molar refractivity (Wildman–Crippen MR) is 111 cm³/mol. The number of nitrogens with one attached hydrogen (secondary N) is 4. The first-order chi connectivity index (χ1) is 14.5. The van der Waals surface area contributed by atoms with Crippen LogP contribution < -0.4 is 26.7 Å². The molecule has 1 aromatic heterocycles. The van der Waals surface area contributed by atoms with E-state index < -0.39 is 22.9 Å². The van der Waals surface area contributed by atoms with Crippen molar-refractivity contribution in [1.29, 1.82) is 0 Å². The number of hydrogen-bond acceptors (Lipinski definition) is 8. The van der Waals surface area contributed by atoms with Gasteiger partial charge in [-0.2, -0.15) is 5.10 Å². The topological polar surface area (TPSA) is 158 Å². The lowest BCUT2D eigenvalue weighted by molar-refractivity contribution is -0.119. The second-order valence-corrected chi connectivity index (χ2v) is 6.27. The number of hydrogen-bond donors (Lipinski definition) is 4. The minimum absolute atomic E-state index is 0.227. The molecule has 0 saturated carbocycles. The summed E-state index contributed by atoms with van der Waals surface area (Å²) in [4.78, 5) is 48.4. The zero-order valence-corrected chi connectivity index (χ0v) is 16.6. The van der Waals surface area contributed by atoms with Gasteiger partial charge in [0.2, 0.25) is 11.6 Å². The maximum atomic E-state index is 12.4. The molecule has 1 aromatic carbocycles. The van der Waals surface area contributed by atoms with Crippen LogP contribution in [0.25, 0.3) is 0 Å². The summed E-state index contributed by atoms with van der Waals surface area (Å²) in [5.41, 5.74) is 0.978. The fraction of sp³-hybridized carbons (Fsp3) is 0.368. The quantitative estimate of drug-likeness (QED) is 0.172. The van der Waals surface area contributed by atoms with Gasteiger partial charge in [0.1, 0.15) is 5.75 Å². The maximum absolute atomic E-state index is 12.4. The molecule has 30 heavy (non-hydrogen) atoms. The van der Waals surface area contributed by atoms with Gasteiger partial charge >= 0.3 is 5.69 Å². The van der Waals surface area contributed by atoms with Crippen molar-refractivity contribution < 1.29 is 14.3 Å². The Hall–Kier alpha value is -3.76. The summed E-state index contributed by atoms with van der Waals surface area (Å²) >= 11 is 0. The fourth-order valence-electron chi connectivity index (χ4n) is 2.41. The molecular weight excluding hydrogens is 392 g/mol. The molecule has 0 aliphatic heterocycles. The lowest BCUT2D eigenvalue weighted by atomic mass is 10.1. The average molecular weight is 416 g/mol. The molecule has 160 valence electrons. The van der Waals surface area contributed by atoms with E-state index in [0.717, 1.165) is 31.9 Å². The molecule has 0 saturated heterocycles. The van der Waals surface area contributed by atoms with Crippen molar-refractivity contribution in [1.82, 2.24) is 20.6 Å². The van der Waals surface area contributed by atoms with Crippen molar-refractivity contribution in [3.63, 3.8) is 0 Å². The number of aromatic nitrogens is 3. The van der Waals surface area contributed by atoms with Crippen molar-refractivity contribution in [2.45, 2.75) is 32.6 Å². The number of Topliss-reactive ketones (excluding diaryl/α,β-unsaturated/α-hetero) is 1. The highest BCUT2D eigenvalue weighted by atomic mass is 16.5. The van der Waals surface area contributed by atoms with Gasteiger partial charge in [-0.15, -0.1) is 5.10 Å². The zero-order valence-electron chi connectivity index (χ0n) is 16.6. The Bertz CT molecular complexity index is 997. The molecule has 0 spiro atoms. The van der Waals surface area contributed by atoms with Crippen LogP contribution in [0.4, 0.5) is 5.82 Å². The Kier molecular flexibility index (Phi) is 8.97. The minimum Gasteiger partial charge on any atom is -0.493 e. The Morgan fingerprint density at radius 2 is 2.00 bits per heavy atom. The van der Waals surface area contributed by atoms with Gasteiger partial charge < -0.3 is 10.1 Å². The summed E-state index contributed by atoms with van der Waals surface area (Å²) in [7, 11) is 0. The summed E-state index contributed by atoms with van der Waals surface area (Å²) in [5, 5.41) is 11.6. The van der Waals surface area contributed by atoms with Gasteiger partial charge in [-0.25, -0.2) is 15.3 Å². The highest BCUT2D eigenvalue weighted by Crippen LogP contribution is 2.18. The van der Waals surface area contributed by atoms with Gasteiger partial charge in [0, 0.05) is 0 Å². The van der Waals surface area contributed by atoms with Crippen LogP contribution in [0.15, 0.2) is 39.0 Å². The number of unbranched alkanes of at least 4 members (excludes halogenated alkanes) is 3. The van der Waals surface area contributed by atoms with Crippen molar-refractivity contribution >= 4 is 23.7 Å². The monoisotopic (exact) mass is 416 g/mol. The Labute approximate surface area is 171 Å². The third-order valence-electron chi connectivity index (χ3n) is 3.91. The third-order valence-corrected chi connectivity index (χ3v) is 3.91. The Balaban J connectivity index is 1.84. The Morgan fingerprint density at radius 3 is 2.77 bits per heavy atom. The van der Waals surface area contributed by atoms with Crippen LogP contribution in [0.3, 0.4) is 0 Å². The number of aromatic amines is 2. The van der Waals surface area contributed by atoms with Crippen LogP contribution in [0.5, 0.6) is 5.75 Å². The number of amides is 1. The molecular formula is C19H24N6O5. The number of benzene rings is 1. The maximum Gasteiger partial charge on any atom is 0.342 e. The summed E-state index contributed by atoms with van der Waals surface area (Å²) in [6.45, 7) is 2.30. The van der Waals surface area contributed by atoms with E-state index in [2.05, 4.69) is 27.9 Å². The van der Waals surface area contributed by atoms with Crippen molar-refractivity contribution in [3.8, 4) is 5.75 Å². The molecule has 2 rings (SSSR count). The normalized spacial score (nSPS) is 10.7. The lowest BCUT2D eigenvalue weighted by Crippen LogP contribution is -2.31. The van der Waals surface area contributed by atoms with E-state index in [1.54, 1.807) is 24.3 Å². The number of rotatable bonds is 12. The largest absolute Gasteiger partial charge is 0.493 e. The summed E-state index contributed by atoms with van der Waals surface area (Å²) in [5.74, 6) is -0.810. The number of hydrazone groups is 1. The Morgan fingerprint density at radius 1 is 1.20 bits per heavy atom. The van der Waals surface area contributed by atoms with Crippen LogP contribution >= 0.6 is 0 Å². The molecule has 4 N–H and O–H groups in total. The molecule has 1 heterocycles. The summed E-state index contributed by atoms with van der Waals surface area (Å²) in [6, 6.07) is 6.81. The first-order valence-electron chi connectivity index (χ1n) is 9.52. The van der Waals surface area contributed by atoms with Gasteiger partial charge in [0.25, 0.3) is 11.5 Å². The van der Waals surface area contributed by atoms with Crippen molar-refractivity contribution in [2.24, 2.45) is 5.10 Å². The molecule has 11 heteroatoms. The highest BCUT2D eigenvalue weighted by molar-refractivity contribution is 6.36. The summed E-state index contributed by atoms with van der Waals surface area (Å²) in [6.07, 6.45) is 5.21. The zero-order chi connectivity index (χ0) is 21.8. The van der Waals surface area contributed by atoms with E-state index in [9.17, 15) is 19.2 Å². The van der Waals surface area contributed by atoms with E-state index in [0.29, 0.717) is 17.9 Å². The number of H-pyrrole nitrogens is 2. The van der Waals surface area contributed by atoms with Gasteiger partial charge in [-0.3, -0.25) is 19.4 Å². The number of carbonyl (C=O) groups is 2. The van der Waals surface area contributed by atoms with Gasteiger partial charge in [0.15, 0.2) is 0 Å². The molecule has 0 bridgehead atoms. The van der Waals surface area contributed by atoms with Crippen LogP contribution in [-0.4, -0.2) is 46.2 Å². The smallest absolute Gasteiger partial charge is 0.342 e. The van der Waals surface area contributed by atoms with Crippen LogP contribution in [0, 0.1) is 0 Å². The highest BCUT2D eigenvalue weighted by Gasteiger charge is 2.10. The van der Waals surface area contributed by atoms with Crippen LogP contribution in [0.2, 0.25) is 0 Å². The number of anilines is 1. The number of carbonyl (C=O) groups excluding carboxylic acids is 2. The number of ether oxygens (including phenoxy) is 1. The van der Waals surface area contributed by atoms with Crippen molar-refractivity contribution in [2.75, 3.05) is 18.5 Å². The molecule has 0 aliphatic rings. The fourth-order valence-corrected chi connectivity index (χ4v) is 2.41. The van der Waals surface area contributed by atoms with Gasteiger partial charge in [0.05, 0.1) is 24.9 Å². The first-order valence-corrected chi connectivity index (χ1v) is 9.52. The number of para-hydroxylation sites is 1. The molecule has 0 unspecified atom stereocenters. The second kappa shape index (κ2) is 11.9. The molecule has 11 nitrogen and oxygen atoms in total. The third kappa shape index (κ3) is 7.34. The SMILES string of the molecule is CCCCCCOc1ccccc1C(=O)/C=N/NC(=O)CNc1n[nH]c(=O)[nH]c1=O. The molecule has 2 aromatic rings.